The van der Waals surface area contributed by atoms with E-state index in [2.05, 4.69) is 18.6 Å². The van der Waals surface area contributed by atoms with Crippen LogP contribution in [0.5, 0.6) is 0 Å². The molecule has 0 atom stereocenters. The van der Waals surface area contributed by atoms with Gasteiger partial charge in [-0.15, -0.1) is 0 Å². The Balaban J connectivity index is 4.49. The maximum atomic E-state index is 12.0. The molecule has 0 aliphatic heterocycles. The fourth-order valence-corrected chi connectivity index (χ4v) is 3.56. The van der Waals surface area contributed by atoms with Crippen LogP contribution in [-0.4, -0.2) is 50.4 Å². The van der Waals surface area contributed by atoms with Gasteiger partial charge in [0, 0.05) is 24.9 Å². The van der Waals surface area contributed by atoms with Crippen molar-refractivity contribution < 1.29 is 8.42 Å². The van der Waals surface area contributed by atoms with E-state index < -0.39 is 10.2 Å². The third kappa shape index (κ3) is 5.44. The molecule has 3 N–H and O–H groups in total. The lowest BCUT2D eigenvalue weighted by molar-refractivity contribution is 0.443. The number of rotatable bonds is 10. The van der Waals surface area contributed by atoms with Gasteiger partial charge >= 0.3 is 0 Å². The van der Waals surface area contributed by atoms with Crippen LogP contribution in [0.3, 0.4) is 0 Å². The lowest BCUT2D eigenvalue weighted by Crippen LogP contribution is -2.45. The zero-order chi connectivity index (χ0) is 14.2. The van der Waals surface area contributed by atoms with Gasteiger partial charge in [-0.05, 0) is 32.1 Å². The van der Waals surface area contributed by atoms with Crippen LogP contribution in [0.15, 0.2) is 0 Å². The maximum Gasteiger partial charge on any atom is 0.279 e. The Labute approximate surface area is 116 Å². The molecule has 0 amide bonds. The molecule has 110 valence electrons. The van der Waals surface area contributed by atoms with Crippen LogP contribution in [0.1, 0.15) is 33.1 Å². The van der Waals surface area contributed by atoms with Crippen LogP contribution in [0.2, 0.25) is 0 Å². The monoisotopic (exact) mass is 297 g/mol. The zero-order valence-electron chi connectivity index (χ0n) is 11.9. The average Bonchev–Trinajstić information content (AvgIpc) is 2.38. The fourth-order valence-electron chi connectivity index (χ4n) is 1.63. The lowest BCUT2D eigenvalue weighted by atomic mass is 10.0. The van der Waals surface area contributed by atoms with Crippen molar-refractivity contribution in [2.45, 2.75) is 37.9 Å². The van der Waals surface area contributed by atoms with E-state index in [0.29, 0.717) is 26.1 Å². The topological polar surface area (TPSA) is 75.4 Å². The van der Waals surface area contributed by atoms with Crippen LogP contribution in [0.4, 0.5) is 0 Å². The van der Waals surface area contributed by atoms with Crippen LogP contribution in [0, 0.1) is 0 Å². The summed E-state index contributed by atoms with van der Waals surface area (Å²) in [6, 6.07) is 0. The maximum absolute atomic E-state index is 12.0. The first-order valence-electron chi connectivity index (χ1n) is 6.33. The van der Waals surface area contributed by atoms with Gasteiger partial charge in [-0.25, -0.2) is 4.72 Å². The second kappa shape index (κ2) is 8.37. The van der Waals surface area contributed by atoms with Crippen molar-refractivity contribution in [2.75, 3.05) is 32.9 Å². The van der Waals surface area contributed by atoms with Gasteiger partial charge in [-0.3, -0.25) is 0 Å². The van der Waals surface area contributed by atoms with E-state index in [1.165, 1.54) is 4.31 Å². The predicted molar refractivity (Wildman–Crippen MR) is 80.1 cm³/mol. The summed E-state index contributed by atoms with van der Waals surface area (Å²) in [4.78, 5) is 0. The van der Waals surface area contributed by atoms with Crippen LogP contribution in [-0.2, 0) is 10.2 Å². The largest absolute Gasteiger partial charge is 0.330 e. The van der Waals surface area contributed by atoms with Gasteiger partial charge in [0.1, 0.15) is 0 Å². The Morgan fingerprint density at radius 1 is 1.33 bits per heavy atom. The molecule has 0 radical (unpaired) electrons. The normalized spacial score (nSPS) is 13.2. The average molecular weight is 297 g/mol. The van der Waals surface area contributed by atoms with Crippen LogP contribution < -0.4 is 10.5 Å². The van der Waals surface area contributed by atoms with Crippen molar-refractivity contribution in [3.63, 3.8) is 0 Å². The first kappa shape index (κ1) is 18.2. The minimum atomic E-state index is -3.38. The minimum Gasteiger partial charge on any atom is -0.330 e. The summed E-state index contributed by atoms with van der Waals surface area (Å²) in [5, 5.41) is 0. The molecule has 0 aromatic rings. The highest BCUT2D eigenvalue weighted by molar-refractivity contribution is 8.00. The summed E-state index contributed by atoms with van der Waals surface area (Å²) in [6.07, 6.45) is 4.59. The van der Waals surface area contributed by atoms with Crippen LogP contribution in [0.25, 0.3) is 0 Å². The van der Waals surface area contributed by atoms with E-state index in [0.717, 1.165) is 12.8 Å². The van der Waals surface area contributed by atoms with Gasteiger partial charge in [-0.2, -0.15) is 24.5 Å². The molecular formula is C11H27N3O2S2. The van der Waals surface area contributed by atoms with Crippen molar-refractivity contribution in [1.82, 2.24) is 9.03 Å². The molecule has 0 saturated carbocycles. The van der Waals surface area contributed by atoms with Gasteiger partial charge in [0.05, 0.1) is 0 Å². The van der Waals surface area contributed by atoms with E-state index >= 15 is 0 Å². The standard InChI is InChI=1S/C11H27N3O2S2/c1-5-11(6-2,17-4)10-13-18(15,16)14(3)9-7-8-12/h13H,5-10,12H2,1-4H3. The molecule has 0 fully saturated rings. The fraction of sp³-hybridized carbons (Fsp3) is 1.00. The molecule has 0 rings (SSSR count). The molecule has 5 nitrogen and oxygen atoms in total. The third-order valence-electron chi connectivity index (χ3n) is 3.39. The molecule has 0 heterocycles. The highest BCUT2D eigenvalue weighted by atomic mass is 32.2. The molecule has 0 aromatic heterocycles. The van der Waals surface area contributed by atoms with E-state index in [1.807, 2.05) is 6.26 Å². The van der Waals surface area contributed by atoms with Crippen molar-refractivity contribution in [1.29, 1.82) is 0 Å². The number of nitrogens with zero attached hydrogens (tertiary/aromatic N) is 1. The molecule has 0 bridgehead atoms. The number of hydrogen-bond donors (Lipinski definition) is 2. The Bertz CT molecular complexity index is 308. The van der Waals surface area contributed by atoms with Gasteiger partial charge in [0.2, 0.25) is 0 Å². The number of hydrogen-bond acceptors (Lipinski definition) is 4. The van der Waals surface area contributed by atoms with Crippen LogP contribution >= 0.6 is 11.8 Å². The second-order valence-corrected chi connectivity index (χ2v) is 7.52. The zero-order valence-corrected chi connectivity index (χ0v) is 13.5. The Morgan fingerprint density at radius 3 is 2.28 bits per heavy atom. The molecule has 0 saturated heterocycles. The highest BCUT2D eigenvalue weighted by Gasteiger charge is 2.28. The van der Waals surface area contributed by atoms with Gasteiger partial charge in [0.25, 0.3) is 10.2 Å². The SMILES string of the molecule is CCC(CC)(CNS(=O)(=O)N(C)CCCN)SC. The number of thioether (sulfide) groups is 1. The van der Waals surface area contributed by atoms with Crippen molar-refractivity contribution >= 4 is 22.0 Å². The summed E-state index contributed by atoms with van der Waals surface area (Å²) in [6.45, 7) is 5.60. The van der Waals surface area contributed by atoms with Crippen molar-refractivity contribution in [3.8, 4) is 0 Å². The quantitative estimate of drug-likeness (QED) is 0.631. The summed E-state index contributed by atoms with van der Waals surface area (Å²) >= 11 is 1.72. The highest BCUT2D eigenvalue weighted by Crippen LogP contribution is 2.29. The Kier molecular flexibility index (Phi) is 8.45. The molecule has 0 aliphatic carbocycles. The summed E-state index contributed by atoms with van der Waals surface area (Å²) < 4.78 is 28.0. The second-order valence-electron chi connectivity index (χ2n) is 4.38. The summed E-state index contributed by atoms with van der Waals surface area (Å²) in [5.74, 6) is 0. The molecule has 0 spiro atoms. The molecule has 18 heavy (non-hydrogen) atoms. The Hall–Kier alpha value is 0.180. The summed E-state index contributed by atoms with van der Waals surface area (Å²) in [5.41, 5.74) is 5.38. The molecule has 0 aromatic carbocycles. The van der Waals surface area contributed by atoms with E-state index in [-0.39, 0.29) is 4.75 Å². The van der Waals surface area contributed by atoms with Crippen molar-refractivity contribution in [3.05, 3.63) is 0 Å². The predicted octanol–water partition coefficient (Wildman–Crippen LogP) is 1.02. The minimum absolute atomic E-state index is 0.0121. The Morgan fingerprint density at radius 2 is 1.89 bits per heavy atom. The van der Waals surface area contributed by atoms with Gasteiger partial charge in [0.15, 0.2) is 0 Å². The van der Waals surface area contributed by atoms with Crippen molar-refractivity contribution in [2.24, 2.45) is 5.73 Å². The molecular weight excluding hydrogens is 270 g/mol. The number of nitrogens with one attached hydrogen (secondary N) is 1. The van der Waals surface area contributed by atoms with Gasteiger partial charge < -0.3 is 5.73 Å². The van der Waals surface area contributed by atoms with E-state index in [9.17, 15) is 8.42 Å². The first-order valence-corrected chi connectivity index (χ1v) is 9.00. The molecule has 7 heteroatoms. The molecule has 0 aliphatic rings. The lowest BCUT2D eigenvalue weighted by Gasteiger charge is -2.30. The van der Waals surface area contributed by atoms with E-state index in [1.54, 1.807) is 18.8 Å². The first-order chi connectivity index (χ1) is 8.37. The third-order valence-corrected chi connectivity index (χ3v) is 6.49. The molecule has 0 unspecified atom stereocenters. The summed E-state index contributed by atoms with van der Waals surface area (Å²) in [7, 11) is -1.80. The smallest absolute Gasteiger partial charge is 0.279 e. The van der Waals surface area contributed by atoms with Gasteiger partial charge in [-0.1, -0.05) is 13.8 Å². The number of nitrogens with two attached hydrogens (primary N) is 1. The van der Waals surface area contributed by atoms with E-state index in [4.69, 9.17) is 5.73 Å².